The molecule has 0 radical (unpaired) electrons. The zero-order valence-corrected chi connectivity index (χ0v) is 26.9. The highest BCUT2D eigenvalue weighted by Gasteiger charge is 2.61. The van der Waals surface area contributed by atoms with E-state index in [9.17, 15) is 24.0 Å². The van der Waals surface area contributed by atoms with E-state index in [0.717, 1.165) is 63.7 Å². The lowest BCUT2D eigenvalue weighted by Crippen LogP contribution is -2.53. The van der Waals surface area contributed by atoms with Crippen LogP contribution in [0.25, 0.3) is 5.57 Å². The summed E-state index contributed by atoms with van der Waals surface area (Å²) in [7, 11) is 4.64. The second-order valence-electron chi connectivity index (χ2n) is 9.50. The van der Waals surface area contributed by atoms with Gasteiger partial charge in [-0.3, -0.25) is 9.69 Å². The summed E-state index contributed by atoms with van der Waals surface area (Å²) in [5, 5.41) is 0. The van der Waals surface area contributed by atoms with Gasteiger partial charge in [-0.2, -0.15) is 0 Å². The van der Waals surface area contributed by atoms with E-state index in [4.69, 9.17) is 23.7 Å². The van der Waals surface area contributed by atoms with Crippen LogP contribution in [-0.2, 0) is 42.9 Å². The lowest BCUT2D eigenvalue weighted by Gasteiger charge is -2.50. The third-order valence-corrected chi connectivity index (χ3v) is 11.5. The normalized spacial score (nSPS) is 18.1. The fourth-order valence-electron chi connectivity index (χ4n) is 5.04. The molecule has 0 saturated carbocycles. The number of esters is 4. The SMILES string of the molecule is C=CC(=O)N1c2ccc(OCC)cc2C2=C(SC(C(=O)OC)=C(C(=O)OC)C23SC(C(=O)OC)=C(C(=O)OC)S3)C1(C)C. The van der Waals surface area contributed by atoms with E-state index >= 15 is 0 Å². The van der Waals surface area contributed by atoms with Crippen molar-refractivity contribution in [2.45, 2.75) is 30.4 Å². The number of methoxy groups -OCH3 is 4. The first-order valence-electron chi connectivity index (χ1n) is 12.8. The number of hydrogen-bond acceptors (Lipinski definition) is 13. The number of hydrogen-bond donors (Lipinski definition) is 0. The Morgan fingerprint density at radius 3 is 1.88 bits per heavy atom. The average molecular weight is 648 g/mol. The van der Waals surface area contributed by atoms with Gasteiger partial charge in [-0.1, -0.05) is 41.9 Å². The monoisotopic (exact) mass is 647 g/mol. The number of benzene rings is 1. The molecule has 4 rings (SSSR count). The number of anilines is 1. The van der Waals surface area contributed by atoms with Gasteiger partial charge in [0.1, 0.15) is 24.5 Å². The smallest absolute Gasteiger partial charge is 0.345 e. The van der Waals surface area contributed by atoms with Gasteiger partial charge < -0.3 is 23.7 Å². The number of thioether (sulfide) groups is 3. The largest absolute Gasteiger partial charge is 0.494 e. The molecule has 11 nitrogen and oxygen atoms in total. The highest BCUT2D eigenvalue weighted by molar-refractivity contribution is 8.26. The zero-order chi connectivity index (χ0) is 31.9. The van der Waals surface area contributed by atoms with Crippen LogP contribution in [0, 0.1) is 0 Å². The van der Waals surface area contributed by atoms with Gasteiger partial charge >= 0.3 is 23.9 Å². The fraction of sp³-hybridized carbons (Fsp3) is 0.345. The van der Waals surface area contributed by atoms with Crippen molar-refractivity contribution in [1.82, 2.24) is 0 Å². The van der Waals surface area contributed by atoms with E-state index in [1.165, 1.54) is 11.0 Å². The molecule has 0 unspecified atom stereocenters. The second-order valence-corrected chi connectivity index (χ2v) is 13.2. The summed E-state index contributed by atoms with van der Waals surface area (Å²) in [5.41, 5.74) is 0.0714. The summed E-state index contributed by atoms with van der Waals surface area (Å²) >= 11 is 2.65. The molecule has 0 fully saturated rings. The molecule has 3 aliphatic rings. The maximum Gasteiger partial charge on any atom is 0.345 e. The Balaban J connectivity index is 2.20. The number of nitrogens with zero attached hydrogens (tertiary/aromatic N) is 1. The van der Waals surface area contributed by atoms with E-state index in [-0.39, 0.29) is 20.3 Å². The average Bonchev–Trinajstić information content (AvgIpc) is 3.39. The third-order valence-electron chi connectivity index (χ3n) is 6.82. The van der Waals surface area contributed by atoms with Crippen molar-refractivity contribution < 1.29 is 47.7 Å². The van der Waals surface area contributed by atoms with Crippen molar-refractivity contribution in [2.75, 3.05) is 39.9 Å². The molecule has 0 aliphatic carbocycles. The van der Waals surface area contributed by atoms with Crippen molar-refractivity contribution >= 4 is 76.3 Å². The summed E-state index contributed by atoms with van der Waals surface area (Å²) in [5.74, 6) is -3.39. The number of amides is 1. The van der Waals surface area contributed by atoms with E-state index in [2.05, 4.69) is 6.58 Å². The Hall–Kier alpha value is -3.62. The molecule has 3 aliphatic heterocycles. The van der Waals surface area contributed by atoms with Crippen LogP contribution >= 0.6 is 35.3 Å². The highest BCUT2D eigenvalue weighted by atomic mass is 32.2. The summed E-state index contributed by atoms with van der Waals surface area (Å²) in [6.07, 6.45) is 1.18. The Labute approximate surface area is 261 Å². The standard InChI is InChI=1S/C29H29NO10S3/c1-9-17(31)30-16-12-11-14(40-10-2)13-15(16)18-23(28(30,3)4)41-20(25(33)37-6)19(24(32)36-5)29(18)42-21(26(34)38-7)22(43-29)27(35)39-8/h9,11-13H,1,10H2,2-8H3. The molecular formula is C29H29NO10S3. The van der Waals surface area contributed by atoms with Gasteiger partial charge in [0.05, 0.1) is 51.8 Å². The molecule has 228 valence electrons. The van der Waals surface area contributed by atoms with Crippen LogP contribution in [0.15, 0.2) is 56.0 Å². The molecule has 1 spiro atoms. The number of carbonyl (C=O) groups is 5. The van der Waals surface area contributed by atoms with E-state index in [0.29, 0.717) is 34.1 Å². The Bertz CT molecular complexity index is 1530. The van der Waals surface area contributed by atoms with Crippen LogP contribution in [0.2, 0.25) is 0 Å². The first kappa shape index (κ1) is 32.3. The van der Waals surface area contributed by atoms with E-state index < -0.39 is 39.4 Å². The molecule has 43 heavy (non-hydrogen) atoms. The lowest BCUT2D eigenvalue weighted by atomic mass is 9.83. The van der Waals surface area contributed by atoms with Crippen molar-refractivity contribution in [3.63, 3.8) is 0 Å². The highest BCUT2D eigenvalue weighted by Crippen LogP contribution is 2.71. The van der Waals surface area contributed by atoms with Gasteiger partial charge in [-0.15, -0.1) is 0 Å². The molecule has 0 saturated heterocycles. The van der Waals surface area contributed by atoms with Crippen molar-refractivity contribution in [3.05, 3.63) is 61.6 Å². The number of fused-ring (bicyclic) bond motifs is 3. The summed E-state index contributed by atoms with van der Waals surface area (Å²) in [6.45, 7) is 9.39. The molecule has 1 amide bonds. The van der Waals surface area contributed by atoms with E-state index in [1.807, 2.05) is 6.92 Å². The molecular weight excluding hydrogens is 619 g/mol. The lowest BCUT2D eigenvalue weighted by molar-refractivity contribution is -0.138. The quantitative estimate of drug-likeness (QED) is 0.238. The van der Waals surface area contributed by atoms with Gasteiger partial charge in [0, 0.05) is 16.0 Å². The first-order valence-corrected chi connectivity index (χ1v) is 15.2. The molecule has 1 aromatic rings. The van der Waals surface area contributed by atoms with Gasteiger partial charge in [0.25, 0.3) is 5.91 Å². The van der Waals surface area contributed by atoms with Crippen LogP contribution in [0.3, 0.4) is 0 Å². The predicted molar refractivity (Wildman–Crippen MR) is 164 cm³/mol. The second kappa shape index (κ2) is 12.2. The molecule has 3 heterocycles. The molecule has 1 aromatic carbocycles. The Morgan fingerprint density at radius 1 is 0.860 bits per heavy atom. The summed E-state index contributed by atoms with van der Waals surface area (Å²) < 4.78 is 24.4. The minimum absolute atomic E-state index is 0.131. The van der Waals surface area contributed by atoms with Crippen molar-refractivity contribution in [1.29, 1.82) is 0 Å². The number of rotatable bonds is 7. The van der Waals surface area contributed by atoms with Crippen molar-refractivity contribution in [2.24, 2.45) is 0 Å². The van der Waals surface area contributed by atoms with Crippen LogP contribution in [0.1, 0.15) is 26.3 Å². The molecule has 0 N–H and O–H groups in total. The van der Waals surface area contributed by atoms with Crippen LogP contribution in [-0.4, -0.2) is 74.4 Å². The minimum Gasteiger partial charge on any atom is -0.494 e. The topological polar surface area (TPSA) is 135 Å². The molecule has 0 aromatic heterocycles. The maximum atomic E-state index is 13.7. The Morgan fingerprint density at radius 2 is 1.40 bits per heavy atom. The van der Waals surface area contributed by atoms with Gasteiger partial charge in [0.15, 0.2) is 0 Å². The summed E-state index contributed by atoms with van der Waals surface area (Å²) in [6, 6.07) is 5.13. The van der Waals surface area contributed by atoms with Crippen LogP contribution < -0.4 is 9.64 Å². The molecule has 0 atom stereocenters. The maximum absolute atomic E-state index is 13.7. The minimum atomic E-state index is -1.68. The predicted octanol–water partition coefficient (Wildman–Crippen LogP) is 4.19. The number of carbonyl (C=O) groups excluding carboxylic acids is 5. The fourth-order valence-corrected chi connectivity index (χ4v) is 10.1. The van der Waals surface area contributed by atoms with Gasteiger partial charge in [-0.05, 0) is 45.0 Å². The van der Waals surface area contributed by atoms with Crippen molar-refractivity contribution in [3.8, 4) is 5.75 Å². The first-order chi connectivity index (χ1) is 20.4. The number of ether oxygens (including phenoxy) is 5. The van der Waals surface area contributed by atoms with Crippen LogP contribution in [0.4, 0.5) is 5.69 Å². The zero-order valence-electron chi connectivity index (χ0n) is 24.5. The van der Waals surface area contributed by atoms with Gasteiger partial charge in [0.2, 0.25) is 0 Å². The van der Waals surface area contributed by atoms with Crippen LogP contribution in [0.5, 0.6) is 5.75 Å². The third kappa shape index (κ3) is 5.04. The molecule has 0 bridgehead atoms. The summed E-state index contributed by atoms with van der Waals surface area (Å²) in [4.78, 5) is 68.3. The van der Waals surface area contributed by atoms with E-state index in [1.54, 1.807) is 32.0 Å². The Kier molecular flexibility index (Phi) is 9.14. The molecule has 14 heteroatoms. The van der Waals surface area contributed by atoms with Gasteiger partial charge in [-0.25, -0.2) is 19.2 Å².